The molecule has 2 aromatic rings. The number of benzene rings is 2. The molecule has 2 aromatic carbocycles. The lowest BCUT2D eigenvalue weighted by Crippen LogP contribution is -2.34. The first-order valence-electron chi connectivity index (χ1n) is 8.18. The van der Waals surface area contributed by atoms with Crippen molar-refractivity contribution >= 4 is 23.3 Å². The van der Waals surface area contributed by atoms with E-state index in [1.807, 2.05) is 0 Å². The van der Waals surface area contributed by atoms with Gasteiger partial charge in [-0.05, 0) is 29.8 Å². The van der Waals surface area contributed by atoms with Crippen LogP contribution in [0.3, 0.4) is 0 Å². The Bertz CT molecular complexity index is 869. The minimum absolute atomic E-state index is 0.131. The first kappa shape index (κ1) is 19.3. The summed E-state index contributed by atoms with van der Waals surface area (Å²) < 4.78 is 46.7. The van der Waals surface area contributed by atoms with Gasteiger partial charge in [0.05, 0.1) is 6.42 Å². The Morgan fingerprint density at radius 3 is 2.29 bits per heavy atom. The van der Waals surface area contributed by atoms with Gasteiger partial charge in [-0.15, -0.1) is 0 Å². The molecular weight excluding hydrogens is 379 g/mol. The number of amides is 3. The van der Waals surface area contributed by atoms with Crippen LogP contribution in [-0.2, 0) is 11.2 Å². The summed E-state index contributed by atoms with van der Waals surface area (Å²) in [5, 5.41) is 7.05. The van der Waals surface area contributed by atoms with Crippen LogP contribution in [0.2, 0.25) is 0 Å². The van der Waals surface area contributed by atoms with Crippen molar-refractivity contribution in [2.24, 2.45) is 0 Å². The third-order valence-corrected chi connectivity index (χ3v) is 3.69. The van der Waals surface area contributed by atoms with E-state index in [0.29, 0.717) is 28.4 Å². The Labute approximate surface area is 157 Å². The van der Waals surface area contributed by atoms with Crippen LogP contribution < -0.4 is 25.4 Å². The van der Waals surface area contributed by atoms with Crippen molar-refractivity contribution in [1.82, 2.24) is 5.32 Å². The number of rotatable bonds is 5. The van der Waals surface area contributed by atoms with Crippen LogP contribution in [0.25, 0.3) is 0 Å². The number of hydrogen-bond donors (Lipinski definition) is 3. The Balaban J connectivity index is 1.49. The molecule has 7 nitrogen and oxygen atoms in total. The highest BCUT2D eigenvalue weighted by molar-refractivity contribution is 6.00. The Morgan fingerprint density at radius 2 is 1.57 bits per heavy atom. The van der Waals surface area contributed by atoms with Crippen molar-refractivity contribution in [3.63, 3.8) is 0 Å². The fourth-order valence-electron chi connectivity index (χ4n) is 2.42. The molecule has 0 aliphatic carbocycles. The fourth-order valence-corrected chi connectivity index (χ4v) is 2.42. The van der Waals surface area contributed by atoms with E-state index in [4.69, 9.17) is 9.47 Å². The molecule has 3 amide bonds. The largest absolute Gasteiger partial charge is 0.454 e. The minimum atomic E-state index is -4.45. The molecule has 0 bridgehead atoms. The number of ether oxygens (including phenoxy) is 2. The van der Waals surface area contributed by atoms with Crippen molar-refractivity contribution in [3.05, 3.63) is 48.0 Å². The molecule has 10 heteroatoms. The molecule has 0 aromatic heterocycles. The van der Waals surface area contributed by atoms with E-state index in [1.54, 1.807) is 47.8 Å². The smallest absolute Gasteiger partial charge is 0.405 e. The summed E-state index contributed by atoms with van der Waals surface area (Å²) >= 11 is 0. The summed E-state index contributed by atoms with van der Waals surface area (Å²) in [5.74, 6) is 0.394. The Hall–Kier alpha value is -3.43. The molecule has 1 heterocycles. The van der Waals surface area contributed by atoms with E-state index in [1.165, 1.54) is 0 Å². The molecule has 0 saturated heterocycles. The predicted octanol–water partition coefficient (Wildman–Crippen LogP) is 3.28. The van der Waals surface area contributed by atoms with Crippen LogP contribution >= 0.6 is 0 Å². The third kappa shape index (κ3) is 5.53. The molecule has 3 N–H and O–H groups in total. The first-order valence-corrected chi connectivity index (χ1v) is 8.18. The van der Waals surface area contributed by atoms with Crippen molar-refractivity contribution < 1.29 is 32.2 Å². The van der Waals surface area contributed by atoms with Crippen LogP contribution in [0.1, 0.15) is 5.56 Å². The fraction of sp³-hybridized carbons (Fsp3) is 0.222. The number of alkyl halides is 3. The van der Waals surface area contributed by atoms with Crippen LogP contribution in [0.15, 0.2) is 42.5 Å². The molecule has 1 aliphatic rings. The van der Waals surface area contributed by atoms with Gasteiger partial charge in [-0.2, -0.15) is 13.2 Å². The standard InChI is InChI=1S/C18H16F3N3O4/c19-18(20,21)9-22-16(25)7-11-1-3-12(4-2-11)23-17(26)24-13-5-6-14-15(8-13)28-10-27-14/h1-6,8H,7,9-10H2,(H,22,25)(H2,23,24,26). The summed E-state index contributed by atoms with van der Waals surface area (Å²) in [6.45, 7) is -1.24. The molecule has 0 fully saturated rings. The monoisotopic (exact) mass is 395 g/mol. The van der Waals surface area contributed by atoms with Gasteiger partial charge in [0.2, 0.25) is 12.7 Å². The number of halogens is 3. The van der Waals surface area contributed by atoms with Crippen LogP contribution in [0.4, 0.5) is 29.3 Å². The topological polar surface area (TPSA) is 88.7 Å². The van der Waals surface area contributed by atoms with Gasteiger partial charge < -0.3 is 25.4 Å². The van der Waals surface area contributed by atoms with Crippen molar-refractivity contribution in [1.29, 1.82) is 0 Å². The molecule has 0 spiro atoms. The number of hydrogen-bond acceptors (Lipinski definition) is 4. The average Bonchev–Trinajstić information content (AvgIpc) is 3.09. The maximum Gasteiger partial charge on any atom is 0.405 e. The number of urea groups is 1. The van der Waals surface area contributed by atoms with Crippen LogP contribution in [0.5, 0.6) is 11.5 Å². The second kappa shape index (κ2) is 8.07. The van der Waals surface area contributed by atoms with Crippen molar-refractivity contribution in [2.75, 3.05) is 24.0 Å². The molecule has 0 saturated carbocycles. The minimum Gasteiger partial charge on any atom is -0.454 e. The number of fused-ring (bicyclic) bond motifs is 1. The molecule has 0 radical (unpaired) electrons. The zero-order valence-electron chi connectivity index (χ0n) is 14.4. The van der Waals surface area contributed by atoms with Gasteiger partial charge in [-0.25, -0.2) is 4.79 Å². The lowest BCUT2D eigenvalue weighted by Gasteiger charge is -2.10. The Morgan fingerprint density at radius 1 is 0.929 bits per heavy atom. The number of nitrogens with one attached hydrogen (secondary N) is 3. The van der Waals surface area contributed by atoms with Gasteiger partial charge in [0, 0.05) is 17.4 Å². The van der Waals surface area contributed by atoms with E-state index in [9.17, 15) is 22.8 Å². The summed E-state index contributed by atoms with van der Waals surface area (Å²) in [5.41, 5.74) is 1.49. The van der Waals surface area contributed by atoms with E-state index in [-0.39, 0.29) is 13.2 Å². The Kier molecular flexibility index (Phi) is 5.57. The molecule has 0 unspecified atom stereocenters. The quantitative estimate of drug-likeness (QED) is 0.725. The first-order chi connectivity index (χ1) is 13.3. The van der Waals surface area contributed by atoms with Gasteiger partial charge in [0.1, 0.15) is 6.54 Å². The zero-order chi connectivity index (χ0) is 20.1. The lowest BCUT2D eigenvalue weighted by atomic mass is 10.1. The van der Waals surface area contributed by atoms with Crippen molar-refractivity contribution in [3.8, 4) is 11.5 Å². The molecular formula is C18H16F3N3O4. The highest BCUT2D eigenvalue weighted by Crippen LogP contribution is 2.34. The van der Waals surface area contributed by atoms with E-state index in [0.717, 1.165) is 0 Å². The average molecular weight is 395 g/mol. The summed E-state index contributed by atoms with van der Waals surface area (Å²) in [4.78, 5) is 23.6. The predicted molar refractivity (Wildman–Crippen MR) is 94.4 cm³/mol. The molecule has 3 rings (SSSR count). The highest BCUT2D eigenvalue weighted by Gasteiger charge is 2.27. The normalized spacial score (nSPS) is 12.4. The van der Waals surface area contributed by atoms with E-state index < -0.39 is 24.7 Å². The summed E-state index contributed by atoms with van der Waals surface area (Å²) in [7, 11) is 0. The third-order valence-electron chi connectivity index (χ3n) is 3.69. The van der Waals surface area contributed by atoms with Gasteiger partial charge in [0.15, 0.2) is 11.5 Å². The van der Waals surface area contributed by atoms with Gasteiger partial charge >= 0.3 is 12.2 Å². The zero-order valence-corrected chi connectivity index (χ0v) is 14.4. The number of carbonyl (C=O) groups excluding carboxylic acids is 2. The van der Waals surface area contributed by atoms with Crippen LogP contribution in [-0.4, -0.2) is 31.5 Å². The van der Waals surface area contributed by atoms with E-state index in [2.05, 4.69) is 10.6 Å². The van der Waals surface area contributed by atoms with Gasteiger partial charge in [-0.3, -0.25) is 4.79 Å². The second-order valence-electron chi connectivity index (χ2n) is 5.91. The summed E-state index contributed by atoms with van der Waals surface area (Å²) in [6, 6.07) is 10.7. The maximum atomic E-state index is 12.1. The molecule has 148 valence electrons. The molecule has 1 aliphatic heterocycles. The van der Waals surface area contributed by atoms with Crippen LogP contribution in [0, 0.1) is 0 Å². The molecule has 0 atom stereocenters. The van der Waals surface area contributed by atoms with Crippen molar-refractivity contribution in [2.45, 2.75) is 12.6 Å². The summed E-state index contributed by atoms with van der Waals surface area (Å²) in [6.07, 6.45) is -4.64. The van der Waals surface area contributed by atoms with Gasteiger partial charge in [-0.1, -0.05) is 12.1 Å². The molecule has 28 heavy (non-hydrogen) atoms. The lowest BCUT2D eigenvalue weighted by molar-refractivity contribution is -0.138. The van der Waals surface area contributed by atoms with E-state index >= 15 is 0 Å². The SMILES string of the molecule is O=C(Cc1ccc(NC(=O)Nc2ccc3c(c2)OCO3)cc1)NCC(F)(F)F. The number of carbonyl (C=O) groups is 2. The van der Waals surface area contributed by atoms with Gasteiger partial charge in [0.25, 0.3) is 0 Å². The maximum absolute atomic E-state index is 12.1. The number of anilines is 2. The second-order valence-corrected chi connectivity index (χ2v) is 5.91. The highest BCUT2D eigenvalue weighted by atomic mass is 19.4.